The molecule has 5 nitrogen and oxygen atoms in total. The molecule has 0 spiro atoms. The minimum atomic E-state index is -3.39. The van der Waals surface area contributed by atoms with Crippen molar-refractivity contribution < 1.29 is 17.5 Å². The fourth-order valence-electron chi connectivity index (χ4n) is 2.37. The topological polar surface area (TPSA) is 49.9 Å². The first kappa shape index (κ1) is 16.2. The fraction of sp³-hybridized carbons (Fsp3) is 0.571. The number of nitrogens with zero attached hydrogens (tertiary/aromatic N) is 2. The Morgan fingerprint density at radius 1 is 1.38 bits per heavy atom. The predicted octanol–water partition coefficient (Wildman–Crippen LogP) is 1.72. The predicted molar refractivity (Wildman–Crippen MR) is 78.8 cm³/mol. The molecule has 0 saturated carbocycles. The van der Waals surface area contributed by atoms with E-state index in [4.69, 9.17) is 4.74 Å². The van der Waals surface area contributed by atoms with Crippen molar-refractivity contribution in [1.82, 2.24) is 8.61 Å². The molecule has 0 radical (unpaired) electrons. The van der Waals surface area contributed by atoms with Gasteiger partial charge in [-0.1, -0.05) is 12.1 Å². The number of ether oxygens (including phenoxy) is 1. The van der Waals surface area contributed by atoms with Gasteiger partial charge in [0.05, 0.1) is 6.61 Å². The molecule has 0 unspecified atom stereocenters. The van der Waals surface area contributed by atoms with Gasteiger partial charge < -0.3 is 4.74 Å². The van der Waals surface area contributed by atoms with E-state index in [1.807, 2.05) is 0 Å². The normalized spacial score (nSPS) is 20.7. The van der Waals surface area contributed by atoms with Crippen molar-refractivity contribution in [1.29, 1.82) is 0 Å². The molecule has 0 aromatic heterocycles. The molecule has 1 aliphatic rings. The number of para-hydroxylation sites is 1. The van der Waals surface area contributed by atoms with Gasteiger partial charge in [0, 0.05) is 33.1 Å². The Morgan fingerprint density at radius 2 is 2.10 bits per heavy atom. The second-order valence-electron chi connectivity index (χ2n) is 5.40. The molecule has 1 aromatic carbocycles. The van der Waals surface area contributed by atoms with Gasteiger partial charge in [-0.2, -0.15) is 17.0 Å². The SMILES string of the molecule is CN(C)S(=O)(=O)N1CCC[C@@H](COc2ccccc2F)C1. The van der Waals surface area contributed by atoms with Gasteiger partial charge in [0.1, 0.15) is 0 Å². The van der Waals surface area contributed by atoms with E-state index >= 15 is 0 Å². The highest BCUT2D eigenvalue weighted by atomic mass is 32.2. The third-order valence-electron chi connectivity index (χ3n) is 3.58. The van der Waals surface area contributed by atoms with Crippen LogP contribution in [-0.2, 0) is 10.2 Å². The lowest BCUT2D eigenvalue weighted by atomic mass is 10.0. The highest BCUT2D eigenvalue weighted by Gasteiger charge is 2.30. The Balaban J connectivity index is 1.95. The van der Waals surface area contributed by atoms with Gasteiger partial charge in [-0.3, -0.25) is 0 Å². The average molecular weight is 316 g/mol. The summed E-state index contributed by atoms with van der Waals surface area (Å²) in [7, 11) is -0.342. The first-order valence-electron chi connectivity index (χ1n) is 6.96. The van der Waals surface area contributed by atoms with E-state index < -0.39 is 16.0 Å². The molecule has 0 N–H and O–H groups in total. The summed E-state index contributed by atoms with van der Waals surface area (Å²) in [5, 5.41) is 0. The molecular formula is C14H21FN2O3S. The zero-order valence-electron chi connectivity index (χ0n) is 12.3. The van der Waals surface area contributed by atoms with Crippen molar-refractivity contribution in [3.05, 3.63) is 30.1 Å². The average Bonchev–Trinajstić information content (AvgIpc) is 2.46. The number of rotatable bonds is 5. The Hall–Kier alpha value is -1.18. The Kier molecular flexibility index (Phi) is 5.18. The monoisotopic (exact) mass is 316 g/mol. The molecule has 0 aliphatic carbocycles. The number of hydrogen-bond donors (Lipinski definition) is 0. The number of piperidine rings is 1. The van der Waals surface area contributed by atoms with Crippen LogP contribution in [0, 0.1) is 11.7 Å². The molecule has 2 rings (SSSR count). The number of hydrogen-bond acceptors (Lipinski definition) is 3. The fourth-order valence-corrected chi connectivity index (χ4v) is 3.59. The standard InChI is InChI=1S/C14H21FN2O3S/c1-16(2)21(18,19)17-9-5-6-12(10-17)11-20-14-8-4-3-7-13(14)15/h3-4,7-8,12H,5-6,9-11H2,1-2H3/t12-/m1/s1. The van der Waals surface area contributed by atoms with Crippen LogP contribution in [0.1, 0.15) is 12.8 Å². The molecule has 1 heterocycles. The zero-order valence-corrected chi connectivity index (χ0v) is 13.1. The Bertz CT molecular complexity index is 577. The van der Waals surface area contributed by atoms with Gasteiger partial charge in [-0.15, -0.1) is 0 Å². The maximum Gasteiger partial charge on any atom is 0.281 e. The highest BCUT2D eigenvalue weighted by Crippen LogP contribution is 2.22. The third-order valence-corrected chi connectivity index (χ3v) is 5.49. The summed E-state index contributed by atoms with van der Waals surface area (Å²) >= 11 is 0. The van der Waals surface area contributed by atoms with Crippen LogP contribution in [0.25, 0.3) is 0 Å². The number of halogens is 1. The van der Waals surface area contributed by atoms with Crippen molar-refractivity contribution in [2.45, 2.75) is 12.8 Å². The van der Waals surface area contributed by atoms with Gasteiger partial charge in [0.25, 0.3) is 10.2 Å². The smallest absolute Gasteiger partial charge is 0.281 e. The first-order valence-corrected chi connectivity index (χ1v) is 8.36. The van der Waals surface area contributed by atoms with Crippen LogP contribution in [0.3, 0.4) is 0 Å². The van der Waals surface area contributed by atoms with Crippen LogP contribution in [0.15, 0.2) is 24.3 Å². The Morgan fingerprint density at radius 3 is 2.76 bits per heavy atom. The van der Waals surface area contributed by atoms with E-state index in [-0.39, 0.29) is 11.7 Å². The van der Waals surface area contributed by atoms with E-state index in [0.29, 0.717) is 19.7 Å². The molecule has 1 aliphatic heterocycles. The molecule has 1 atom stereocenters. The summed E-state index contributed by atoms with van der Waals surface area (Å²) in [6.45, 7) is 1.26. The zero-order chi connectivity index (χ0) is 15.5. The van der Waals surface area contributed by atoms with Crippen LogP contribution in [0.4, 0.5) is 4.39 Å². The molecule has 7 heteroatoms. The van der Waals surface area contributed by atoms with E-state index in [9.17, 15) is 12.8 Å². The van der Waals surface area contributed by atoms with Gasteiger partial charge >= 0.3 is 0 Å². The largest absolute Gasteiger partial charge is 0.490 e. The molecule has 1 saturated heterocycles. The van der Waals surface area contributed by atoms with E-state index in [2.05, 4.69) is 0 Å². The molecule has 118 valence electrons. The lowest BCUT2D eigenvalue weighted by Crippen LogP contribution is -2.46. The molecular weight excluding hydrogens is 295 g/mol. The van der Waals surface area contributed by atoms with Crippen LogP contribution in [0.2, 0.25) is 0 Å². The summed E-state index contributed by atoms with van der Waals surface area (Å²) in [5.74, 6) is -0.107. The van der Waals surface area contributed by atoms with Crippen molar-refractivity contribution >= 4 is 10.2 Å². The maximum absolute atomic E-state index is 13.5. The maximum atomic E-state index is 13.5. The van der Waals surface area contributed by atoms with Crippen molar-refractivity contribution in [3.8, 4) is 5.75 Å². The first-order chi connectivity index (χ1) is 9.91. The summed E-state index contributed by atoms with van der Waals surface area (Å²) in [6.07, 6.45) is 1.67. The summed E-state index contributed by atoms with van der Waals surface area (Å²) in [5.41, 5.74) is 0. The number of benzene rings is 1. The lowest BCUT2D eigenvalue weighted by Gasteiger charge is -2.33. The molecule has 1 fully saturated rings. The second kappa shape index (κ2) is 6.72. The van der Waals surface area contributed by atoms with Crippen LogP contribution >= 0.6 is 0 Å². The van der Waals surface area contributed by atoms with Crippen molar-refractivity contribution in [2.24, 2.45) is 5.92 Å². The quantitative estimate of drug-likeness (QED) is 0.831. The van der Waals surface area contributed by atoms with Gasteiger partial charge in [0.15, 0.2) is 11.6 Å². The molecule has 1 aromatic rings. The minimum absolute atomic E-state index is 0.0769. The van der Waals surface area contributed by atoms with Crippen molar-refractivity contribution in [2.75, 3.05) is 33.8 Å². The van der Waals surface area contributed by atoms with Crippen molar-refractivity contribution in [3.63, 3.8) is 0 Å². The highest BCUT2D eigenvalue weighted by molar-refractivity contribution is 7.86. The summed E-state index contributed by atoms with van der Waals surface area (Å²) < 4.78 is 45.9. The van der Waals surface area contributed by atoms with Gasteiger partial charge in [0.2, 0.25) is 0 Å². The van der Waals surface area contributed by atoms with E-state index in [1.54, 1.807) is 18.2 Å². The molecule has 0 amide bonds. The van der Waals surface area contributed by atoms with Gasteiger partial charge in [-0.25, -0.2) is 4.39 Å². The van der Waals surface area contributed by atoms with Crippen LogP contribution in [0.5, 0.6) is 5.75 Å². The molecule has 21 heavy (non-hydrogen) atoms. The molecule has 0 bridgehead atoms. The van der Waals surface area contributed by atoms with Crippen LogP contribution in [-0.4, -0.2) is 50.8 Å². The summed E-state index contributed by atoms with van der Waals surface area (Å²) in [4.78, 5) is 0. The van der Waals surface area contributed by atoms with Crippen LogP contribution < -0.4 is 4.74 Å². The second-order valence-corrected chi connectivity index (χ2v) is 7.54. The van der Waals surface area contributed by atoms with E-state index in [0.717, 1.165) is 12.8 Å². The van der Waals surface area contributed by atoms with E-state index in [1.165, 1.54) is 28.8 Å². The summed E-state index contributed by atoms with van der Waals surface area (Å²) in [6, 6.07) is 6.24. The van der Waals surface area contributed by atoms with Gasteiger partial charge in [-0.05, 0) is 25.0 Å². The lowest BCUT2D eigenvalue weighted by molar-refractivity contribution is 0.172. The minimum Gasteiger partial charge on any atom is -0.490 e. The Labute approximate surface area is 125 Å². The third kappa shape index (κ3) is 3.93.